The van der Waals surface area contributed by atoms with Gasteiger partial charge in [0.15, 0.2) is 0 Å². The summed E-state index contributed by atoms with van der Waals surface area (Å²) >= 11 is 1.29. The van der Waals surface area contributed by atoms with Gasteiger partial charge < -0.3 is 15.4 Å². The van der Waals surface area contributed by atoms with Crippen LogP contribution in [0.1, 0.15) is 16.8 Å². The summed E-state index contributed by atoms with van der Waals surface area (Å²) in [5.74, 6) is -0.130. The van der Waals surface area contributed by atoms with E-state index in [0.29, 0.717) is 39.7 Å². The fraction of sp³-hybridized carbons (Fsp3) is 0.200. The maximum Gasteiger partial charge on any atom is 0.283 e. The van der Waals surface area contributed by atoms with Crippen LogP contribution in [0.25, 0.3) is 15.9 Å². The van der Waals surface area contributed by atoms with Crippen LogP contribution < -0.4 is 16.2 Å². The van der Waals surface area contributed by atoms with Crippen LogP contribution in [-0.2, 0) is 4.74 Å². The van der Waals surface area contributed by atoms with Gasteiger partial charge in [0.25, 0.3) is 11.5 Å². The Morgan fingerprint density at radius 1 is 1.17 bits per heavy atom. The predicted molar refractivity (Wildman–Crippen MR) is 113 cm³/mol. The summed E-state index contributed by atoms with van der Waals surface area (Å²) in [7, 11) is 1.63. The molecule has 0 saturated carbocycles. The van der Waals surface area contributed by atoms with E-state index in [1.54, 1.807) is 43.5 Å². The number of nitrogens with zero attached hydrogens (tertiary/aromatic N) is 3. The first-order chi connectivity index (χ1) is 14.2. The van der Waals surface area contributed by atoms with Gasteiger partial charge in [-0.3, -0.25) is 9.59 Å². The van der Waals surface area contributed by atoms with Crippen molar-refractivity contribution in [1.29, 1.82) is 0 Å². The Morgan fingerprint density at radius 3 is 2.76 bits per heavy atom. The molecule has 0 aliphatic carbocycles. The third kappa shape index (κ3) is 4.10. The first-order valence-corrected chi connectivity index (χ1v) is 9.90. The van der Waals surface area contributed by atoms with Crippen LogP contribution in [0.15, 0.2) is 53.3 Å². The quantitative estimate of drug-likeness (QED) is 0.456. The third-order valence-electron chi connectivity index (χ3n) is 4.31. The highest BCUT2D eigenvalue weighted by Gasteiger charge is 2.11. The normalized spacial score (nSPS) is 11.1. The average molecular weight is 409 g/mol. The van der Waals surface area contributed by atoms with Crippen LogP contribution in [0.2, 0.25) is 0 Å². The molecular weight excluding hydrogens is 390 g/mol. The molecule has 29 heavy (non-hydrogen) atoms. The zero-order valence-electron chi connectivity index (χ0n) is 15.7. The number of anilines is 2. The van der Waals surface area contributed by atoms with Crippen molar-refractivity contribution in [2.75, 3.05) is 25.6 Å². The number of nitrogens with one attached hydrogen (secondary N) is 2. The van der Waals surface area contributed by atoms with E-state index in [4.69, 9.17) is 4.74 Å². The molecule has 2 heterocycles. The first-order valence-electron chi connectivity index (χ1n) is 9.08. The third-order valence-corrected chi connectivity index (χ3v) is 5.14. The van der Waals surface area contributed by atoms with Crippen LogP contribution in [-0.4, -0.2) is 40.8 Å². The van der Waals surface area contributed by atoms with Gasteiger partial charge in [-0.15, -0.1) is 5.10 Å². The lowest BCUT2D eigenvalue weighted by molar-refractivity contribution is 0.0948. The van der Waals surface area contributed by atoms with Gasteiger partial charge in [0.1, 0.15) is 0 Å². The molecule has 4 aromatic rings. The number of carbonyl (C=O) groups excluding carboxylic acids is 1. The maximum absolute atomic E-state index is 12.6. The van der Waals surface area contributed by atoms with Crippen molar-refractivity contribution in [3.05, 3.63) is 64.4 Å². The Kier molecular flexibility index (Phi) is 5.50. The van der Waals surface area contributed by atoms with Gasteiger partial charge in [-0.1, -0.05) is 23.5 Å². The van der Waals surface area contributed by atoms with Crippen molar-refractivity contribution < 1.29 is 9.53 Å². The number of para-hydroxylation sites is 1. The molecule has 0 bridgehead atoms. The minimum atomic E-state index is -0.199. The summed E-state index contributed by atoms with van der Waals surface area (Å²) in [6.45, 7) is 1.17. The lowest BCUT2D eigenvalue weighted by Gasteiger charge is -2.06. The van der Waals surface area contributed by atoms with E-state index in [1.165, 1.54) is 15.9 Å². The van der Waals surface area contributed by atoms with E-state index in [9.17, 15) is 9.59 Å². The standard InChI is InChI=1S/C20H19N5O3S/c1-28-12-4-11-21-17(26)13-7-9-14(10-8-13)22-19-24-25-18(27)15-5-2-3-6-16(15)23-20(25)29-19/h2-3,5-10H,4,11-12H2,1H3,(H,21,26)(H,22,24). The Labute approximate surface area is 170 Å². The minimum absolute atomic E-state index is 0.130. The fourth-order valence-electron chi connectivity index (χ4n) is 2.85. The van der Waals surface area contributed by atoms with Gasteiger partial charge in [-0.05, 0) is 42.8 Å². The molecule has 0 radical (unpaired) electrons. The molecule has 2 aromatic heterocycles. The zero-order valence-corrected chi connectivity index (χ0v) is 16.5. The molecule has 0 unspecified atom stereocenters. The fourth-order valence-corrected chi connectivity index (χ4v) is 3.67. The highest BCUT2D eigenvalue weighted by molar-refractivity contribution is 7.20. The second-order valence-corrected chi connectivity index (χ2v) is 7.30. The molecule has 0 aliphatic heterocycles. The summed E-state index contributed by atoms with van der Waals surface area (Å²) in [6, 6.07) is 14.3. The maximum atomic E-state index is 12.6. The largest absolute Gasteiger partial charge is 0.385 e. The Balaban J connectivity index is 1.50. The molecule has 0 atom stereocenters. The number of ether oxygens (including phenoxy) is 1. The summed E-state index contributed by atoms with van der Waals surface area (Å²) in [5, 5.41) is 11.4. The molecular formula is C20H19N5O3S. The molecule has 0 fully saturated rings. The number of hydrogen-bond donors (Lipinski definition) is 2. The van der Waals surface area contributed by atoms with Crippen LogP contribution in [0.5, 0.6) is 0 Å². The lowest BCUT2D eigenvalue weighted by atomic mass is 10.2. The molecule has 0 saturated heterocycles. The van der Waals surface area contributed by atoms with Crippen molar-refractivity contribution in [3.63, 3.8) is 0 Å². The number of amides is 1. The molecule has 148 valence electrons. The second kappa shape index (κ2) is 8.38. The van der Waals surface area contributed by atoms with Gasteiger partial charge in [0, 0.05) is 31.5 Å². The highest BCUT2D eigenvalue weighted by atomic mass is 32.1. The number of methoxy groups -OCH3 is 1. The van der Waals surface area contributed by atoms with E-state index < -0.39 is 0 Å². The van der Waals surface area contributed by atoms with Crippen molar-refractivity contribution in [3.8, 4) is 0 Å². The summed E-state index contributed by atoms with van der Waals surface area (Å²) in [4.78, 5) is 29.7. The second-order valence-electron chi connectivity index (χ2n) is 6.34. The van der Waals surface area contributed by atoms with Gasteiger partial charge in [-0.25, -0.2) is 4.98 Å². The zero-order chi connectivity index (χ0) is 20.2. The molecule has 2 aromatic carbocycles. The van der Waals surface area contributed by atoms with Gasteiger partial charge in [0.05, 0.1) is 10.9 Å². The summed E-state index contributed by atoms with van der Waals surface area (Å²) < 4.78 is 6.27. The number of rotatable bonds is 7. The van der Waals surface area contributed by atoms with E-state index in [2.05, 4.69) is 20.7 Å². The van der Waals surface area contributed by atoms with E-state index in [-0.39, 0.29) is 11.5 Å². The van der Waals surface area contributed by atoms with Gasteiger partial charge in [0.2, 0.25) is 10.1 Å². The molecule has 9 heteroatoms. The number of carbonyl (C=O) groups is 1. The first kappa shape index (κ1) is 19.0. The number of fused-ring (bicyclic) bond motifs is 2. The van der Waals surface area contributed by atoms with Crippen molar-refractivity contribution in [2.45, 2.75) is 6.42 Å². The molecule has 0 aliphatic rings. The average Bonchev–Trinajstić information content (AvgIpc) is 3.14. The molecule has 1 amide bonds. The number of benzene rings is 2. The van der Waals surface area contributed by atoms with E-state index in [0.717, 1.165) is 12.1 Å². The molecule has 0 spiro atoms. The molecule has 2 N–H and O–H groups in total. The molecule has 8 nitrogen and oxygen atoms in total. The molecule has 4 rings (SSSR count). The summed E-state index contributed by atoms with van der Waals surface area (Å²) in [5.41, 5.74) is 1.78. The van der Waals surface area contributed by atoms with Crippen molar-refractivity contribution >= 4 is 43.9 Å². The Hall–Kier alpha value is -3.30. The van der Waals surface area contributed by atoms with Crippen LogP contribution in [0.4, 0.5) is 10.8 Å². The smallest absolute Gasteiger partial charge is 0.283 e. The van der Waals surface area contributed by atoms with Crippen LogP contribution >= 0.6 is 11.3 Å². The topological polar surface area (TPSA) is 97.6 Å². The lowest BCUT2D eigenvalue weighted by Crippen LogP contribution is -2.25. The van der Waals surface area contributed by atoms with Crippen LogP contribution in [0.3, 0.4) is 0 Å². The van der Waals surface area contributed by atoms with Gasteiger partial charge in [-0.2, -0.15) is 4.52 Å². The van der Waals surface area contributed by atoms with E-state index >= 15 is 0 Å². The van der Waals surface area contributed by atoms with Crippen molar-refractivity contribution in [1.82, 2.24) is 19.9 Å². The predicted octanol–water partition coefficient (Wildman–Crippen LogP) is 2.81. The highest BCUT2D eigenvalue weighted by Crippen LogP contribution is 2.23. The van der Waals surface area contributed by atoms with Gasteiger partial charge >= 0.3 is 0 Å². The Bertz CT molecular complexity index is 1220. The SMILES string of the molecule is COCCCNC(=O)c1ccc(Nc2nn3c(=O)c4ccccc4nc3s2)cc1. The van der Waals surface area contributed by atoms with E-state index in [1.807, 2.05) is 12.1 Å². The van der Waals surface area contributed by atoms with Crippen LogP contribution in [0, 0.1) is 0 Å². The minimum Gasteiger partial charge on any atom is -0.385 e. The number of aromatic nitrogens is 3. The monoisotopic (exact) mass is 409 g/mol. The number of hydrogen-bond acceptors (Lipinski definition) is 7. The van der Waals surface area contributed by atoms with Crippen molar-refractivity contribution in [2.24, 2.45) is 0 Å². The Morgan fingerprint density at radius 2 is 1.97 bits per heavy atom. The summed E-state index contributed by atoms with van der Waals surface area (Å²) in [6.07, 6.45) is 0.766.